The lowest BCUT2D eigenvalue weighted by Gasteiger charge is -2.26. The van der Waals surface area contributed by atoms with E-state index in [9.17, 15) is 23.5 Å². The molecule has 0 fully saturated rings. The number of hydrogen-bond acceptors (Lipinski definition) is 7. The predicted molar refractivity (Wildman–Crippen MR) is 125 cm³/mol. The fourth-order valence-electron chi connectivity index (χ4n) is 4.01. The van der Waals surface area contributed by atoms with E-state index in [1.54, 1.807) is 24.0 Å². The van der Waals surface area contributed by atoms with E-state index in [4.69, 9.17) is 11.6 Å². The molecular formula is C23H21ClF2N6O4. The van der Waals surface area contributed by atoms with Crippen LogP contribution in [0.1, 0.15) is 53.1 Å². The van der Waals surface area contributed by atoms with E-state index in [-0.39, 0.29) is 22.1 Å². The quantitative estimate of drug-likeness (QED) is 0.356. The van der Waals surface area contributed by atoms with Crippen LogP contribution in [-0.2, 0) is 13.6 Å². The number of anilines is 1. The Kier molecular flexibility index (Phi) is 6.88. The number of nitrogens with one attached hydrogen (secondary N) is 1. The molecule has 0 saturated carbocycles. The van der Waals surface area contributed by atoms with Crippen molar-refractivity contribution in [2.45, 2.75) is 32.2 Å². The average Bonchev–Trinajstić information content (AvgIpc) is 3.53. The molecule has 0 bridgehead atoms. The van der Waals surface area contributed by atoms with Crippen LogP contribution in [0.3, 0.4) is 0 Å². The molecule has 0 aliphatic rings. The first kappa shape index (κ1) is 25.0. The molecule has 0 spiro atoms. The number of hydrogen-bond donors (Lipinski definition) is 2. The molecule has 36 heavy (non-hydrogen) atoms. The van der Waals surface area contributed by atoms with Gasteiger partial charge in [-0.25, -0.2) is 13.8 Å². The predicted octanol–water partition coefficient (Wildman–Crippen LogP) is 3.81. The first-order valence-electron chi connectivity index (χ1n) is 10.8. The summed E-state index contributed by atoms with van der Waals surface area (Å²) >= 11 is 6.33. The molecule has 1 amide bonds. The van der Waals surface area contributed by atoms with Crippen molar-refractivity contribution < 1.29 is 23.2 Å². The zero-order chi connectivity index (χ0) is 26.1. The molecule has 4 aromatic rings. The second kappa shape index (κ2) is 9.90. The molecule has 3 aromatic heterocycles. The molecule has 0 aliphatic heterocycles. The third-order valence-electron chi connectivity index (χ3n) is 5.83. The van der Waals surface area contributed by atoms with E-state index in [0.29, 0.717) is 12.1 Å². The molecule has 3 heterocycles. The highest BCUT2D eigenvalue weighted by atomic mass is 35.5. The fraction of sp³-hybridized carbons (Fsp3) is 0.261. The summed E-state index contributed by atoms with van der Waals surface area (Å²) in [6, 6.07) is 1.86. The minimum atomic E-state index is -1.11. The van der Waals surface area contributed by atoms with Gasteiger partial charge in [0.25, 0.3) is 11.5 Å². The highest BCUT2D eigenvalue weighted by Crippen LogP contribution is 2.41. The highest BCUT2D eigenvalue weighted by Gasteiger charge is 2.32. The molecule has 2 atom stereocenters. The van der Waals surface area contributed by atoms with Crippen LogP contribution in [0.4, 0.5) is 14.5 Å². The van der Waals surface area contributed by atoms with Gasteiger partial charge in [0.1, 0.15) is 17.8 Å². The van der Waals surface area contributed by atoms with Crippen molar-refractivity contribution in [3.63, 3.8) is 0 Å². The number of nitrogens with zero attached hydrogens (tertiary/aromatic N) is 5. The molecular weight excluding hydrogens is 498 g/mol. The molecule has 1 aromatic carbocycles. The summed E-state index contributed by atoms with van der Waals surface area (Å²) in [5.74, 6) is -5.32. The zero-order valence-corrected chi connectivity index (χ0v) is 20.1. The average molecular weight is 519 g/mol. The van der Waals surface area contributed by atoms with Gasteiger partial charge in [-0.3, -0.25) is 18.8 Å². The van der Waals surface area contributed by atoms with E-state index in [1.807, 2.05) is 6.92 Å². The maximum absolute atomic E-state index is 14.3. The molecule has 188 valence electrons. The summed E-state index contributed by atoms with van der Waals surface area (Å²) in [7, 11) is 1.38. The lowest BCUT2D eigenvalue weighted by molar-refractivity contribution is 0.101. The fourth-order valence-corrected chi connectivity index (χ4v) is 4.27. The van der Waals surface area contributed by atoms with Crippen LogP contribution in [-0.4, -0.2) is 35.5 Å². The van der Waals surface area contributed by atoms with E-state index in [1.165, 1.54) is 13.2 Å². The number of carbonyl (C=O) groups is 1. The van der Waals surface area contributed by atoms with Crippen molar-refractivity contribution in [2.24, 2.45) is 7.05 Å². The maximum atomic E-state index is 14.3. The number of carbonyl (C=O) groups excluding carboxylic acids is 1. The molecule has 4 rings (SSSR count). The van der Waals surface area contributed by atoms with Gasteiger partial charge in [-0.2, -0.15) is 5.10 Å². The standard InChI is InChI=1S/C23H21ClF2N6O4/c1-4-32-9-12(7-27-32)18(14-5-16(25)17(26)6-15(14)24)11(2)21-30-19(20(33)23(35)31(21)3)22(34)29-13-8-28-36-10-13/h5-11,18,33H,4H2,1-3H3,(H,29,34)/t11-,18-/m1/s1. The Morgan fingerprint density at radius 3 is 2.64 bits per heavy atom. The summed E-state index contributed by atoms with van der Waals surface area (Å²) in [5.41, 5.74) is -0.385. The van der Waals surface area contributed by atoms with Crippen molar-refractivity contribution in [3.05, 3.63) is 86.6 Å². The van der Waals surface area contributed by atoms with Gasteiger partial charge in [0, 0.05) is 36.6 Å². The van der Waals surface area contributed by atoms with Crippen molar-refractivity contribution in [3.8, 4) is 5.75 Å². The normalized spacial score (nSPS) is 12.9. The van der Waals surface area contributed by atoms with Crippen LogP contribution in [0.5, 0.6) is 5.75 Å². The van der Waals surface area contributed by atoms with Crippen LogP contribution in [0, 0.1) is 11.6 Å². The number of aromatic hydroxyl groups is 1. The van der Waals surface area contributed by atoms with Crippen molar-refractivity contribution in [1.29, 1.82) is 0 Å². The molecule has 0 aliphatic carbocycles. The monoisotopic (exact) mass is 518 g/mol. The second-order valence-electron chi connectivity index (χ2n) is 8.08. The van der Waals surface area contributed by atoms with Gasteiger partial charge in [0.2, 0.25) is 5.75 Å². The Labute approximate surface area is 208 Å². The summed E-state index contributed by atoms with van der Waals surface area (Å²) in [4.78, 5) is 29.9. The van der Waals surface area contributed by atoms with Gasteiger partial charge in [0.05, 0.1) is 12.4 Å². The third kappa shape index (κ3) is 4.59. The lowest BCUT2D eigenvalue weighted by atomic mass is 9.82. The van der Waals surface area contributed by atoms with E-state index >= 15 is 0 Å². The van der Waals surface area contributed by atoms with Crippen LogP contribution in [0.2, 0.25) is 5.02 Å². The van der Waals surface area contributed by atoms with E-state index < -0.39 is 46.4 Å². The Morgan fingerprint density at radius 1 is 1.28 bits per heavy atom. The van der Waals surface area contributed by atoms with Gasteiger partial charge in [-0.05, 0) is 30.2 Å². The number of amides is 1. The first-order chi connectivity index (χ1) is 17.1. The Bertz CT molecular complexity index is 1480. The summed E-state index contributed by atoms with van der Waals surface area (Å²) in [6.45, 7) is 4.12. The van der Waals surface area contributed by atoms with Gasteiger partial charge in [-0.1, -0.05) is 23.7 Å². The smallest absolute Gasteiger partial charge is 0.296 e. The van der Waals surface area contributed by atoms with Crippen molar-refractivity contribution >= 4 is 23.2 Å². The molecule has 2 N–H and O–H groups in total. The summed E-state index contributed by atoms with van der Waals surface area (Å²) in [5, 5.41) is 20.5. The molecule has 10 nitrogen and oxygen atoms in total. The SMILES string of the molecule is CCn1cc([C@H](c2cc(F)c(F)cc2Cl)[C@@H](C)c2nc(C(=O)Nc3cnoc3)c(O)c(=O)n2C)cn1. The third-order valence-corrected chi connectivity index (χ3v) is 6.15. The summed E-state index contributed by atoms with van der Waals surface area (Å²) in [6.07, 6.45) is 5.66. The number of rotatable bonds is 7. The zero-order valence-electron chi connectivity index (χ0n) is 19.4. The van der Waals surface area contributed by atoms with Gasteiger partial charge >= 0.3 is 0 Å². The number of aromatic nitrogens is 5. The second-order valence-corrected chi connectivity index (χ2v) is 8.49. The Hall–Kier alpha value is -4.06. The largest absolute Gasteiger partial charge is 0.501 e. The van der Waals surface area contributed by atoms with Crippen LogP contribution in [0.15, 0.2) is 46.3 Å². The lowest BCUT2D eigenvalue weighted by Crippen LogP contribution is -2.29. The number of aryl methyl sites for hydroxylation is 1. The maximum Gasteiger partial charge on any atom is 0.296 e. The number of benzene rings is 1. The van der Waals surface area contributed by atoms with Crippen LogP contribution < -0.4 is 10.9 Å². The first-order valence-corrected chi connectivity index (χ1v) is 11.2. The minimum Gasteiger partial charge on any atom is -0.501 e. The Balaban J connectivity index is 1.87. The van der Waals surface area contributed by atoms with Gasteiger partial charge < -0.3 is 14.9 Å². The van der Waals surface area contributed by atoms with Gasteiger partial charge in [0.15, 0.2) is 17.3 Å². The molecule has 0 saturated heterocycles. The molecule has 13 heteroatoms. The summed E-state index contributed by atoms with van der Waals surface area (Å²) < 4.78 is 35.5. The van der Waals surface area contributed by atoms with Crippen LogP contribution in [0.25, 0.3) is 0 Å². The van der Waals surface area contributed by atoms with E-state index in [0.717, 1.165) is 23.0 Å². The molecule has 0 unspecified atom stereocenters. The van der Waals surface area contributed by atoms with Crippen LogP contribution >= 0.6 is 11.6 Å². The molecule has 0 radical (unpaired) electrons. The highest BCUT2D eigenvalue weighted by molar-refractivity contribution is 6.31. The van der Waals surface area contributed by atoms with Crippen molar-refractivity contribution in [1.82, 2.24) is 24.5 Å². The van der Waals surface area contributed by atoms with Crippen molar-refractivity contribution in [2.75, 3.05) is 5.32 Å². The minimum absolute atomic E-state index is 0.0378. The van der Waals surface area contributed by atoms with Gasteiger partial charge in [-0.15, -0.1) is 0 Å². The van der Waals surface area contributed by atoms with E-state index in [2.05, 4.69) is 25.1 Å². The Morgan fingerprint density at radius 2 is 2.00 bits per heavy atom. The number of halogens is 3. The topological polar surface area (TPSA) is 128 Å².